The normalized spacial score (nSPS) is 11.1. The minimum atomic E-state index is -3.95. The molecule has 0 unspecified atom stereocenters. The molecular formula is C15H13Cl2NO5S. The Balaban J connectivity index is 1.97. The molecule has 0 aliphatic carbocycles. The van der Waals surface area contributed by atoms with E-state index < -0.39 is 16.0 Å². The van der Waals surface area contributed by atoms with Crippen LogP contribution in [0.3, 0.4) is 0 Å². The first-order valence-corrected chi connectivity index (χ1v) is 8.96. The number of esters is 1. The first kappa shape index (κ1) is 18.5. The highest BCUT2D eigenvalue weighted by atomic mass is 35.5. The van der Waals surface area contributed by atoms with Gasteiger partial charge in [0.05, 0.1) is 20.5 Å². The lowest BCUT2D eigenvalue weighted by molar-refractivity contribution is 0.0450. The summed E-state index contributed by atoms with van der Waals surface area (Å²) in [7, 11) is -3.95. The van der Waals surface area contributed by atoms with Crippen molar-refractivity contribution in [3.05, 3.63) is 58.1 Å². The second-order valence-corrected chi connectivity index (χ2v) is 6.98. The van der Waals surface area contributed by atoms with Crippen LogP contribution in [-0.2, 0) is 14.8 Å². The number of ether oxygens (including phenoxy) is 2. The molecule has 0 saturated heterocycles. The first-order valence-electron chi connectivity index (χ1n) is 6.66. The van der Waals surface area contributed by atoms with E-state index in [0.717, 1.165) is 6.07 Å². The summed E-state index contributed by atoms with van der Waals surface area (Å²) in [5.74, 6) is -0.322. The van der Waals surface area contributed by atoms with Crippen LogP contribution < -0.4 is 9.88 Å². The SMILES string of the molecule is NS(=O)(=O)c1ccc(Cl)c(C(=O)OCCOc2ccccc2Cl)c1. The van der Waals surface area contributed by atoms with Crippen LogP contribution in [0.5, 0.6) is 5.75 Å². The molecule has 0 atom stereocenters. The van der Waals surface area contributed by atoms with Gasteiger partial charge in [-0.1, -0.05) is 35.3 Å². The second kappa shape index (κ2) is 7.85. The van der Waals surface area contributed by atoms with Crippen molar-refractivity contribution < 1.29 is 22.7 Å². The summed E-state index contributed by atoms with van der Waals surface area (Å²) in [5, 5.41) is 5.51. The molecule has 24 heavy (non-hydrogen) atoms. The number of rotatable bonds is 6. The summed E-state index contributed by atoms with van der Waals surface area (Å²) in [6.07, 6.45) is 0. The molecule has 0 saturated carbocycles. The second-order valence-electron chi connectivity index (χ2n) is 4.60. The van der Waals surface area contributed by atoms with E-state index >= 15 is 0 Å². The number of hydrogen-bond donors (Lipinski definition) is 1. The average molecular weight is 390 g/mol. The number of sulfonamides is 1. The third kappa shape index (κ3) is 4.85. The summed E-state index contributed by atoms with van der Waals surface area (Å²) in [5.41, 5.74) is -0.0964. The van der Waals surface area contributed by atoms with E-state index in [9.17, 15) is 13.2 Å². The molecule has 0 fully saturated rings. The van der Waals surface area contributed by atoms with Crippen LogP contribution >= 0.6 is 23.2 Å². The van der Waals surface area contributed by atoms with Crippen LogP contribution in [0.25, 0.3) is 0 Å². The molecule has 0 radical (unpaired) electrons. The summed E-state index contributed by atoms with van der Waals surface area (Å²) >= 11 is 11.8. The van der Waals surface area contributed by atoms with Crippen molar-refractivity contribution in [1.29, 1.82) is 0 Å². The van der Waals surface area contributed by atoms with E-state index in [2.05, 4.69) is 0 Å². The topological polar surface area (TPSA) is 95.7 Å². The Labute approximate surface area is 149 Å². The minimum Gasteiger partial charge on any atom is -0.488 e. The van der Waals surface area contributed by atoms with Crippen molar-refractivity contribution in [2.45, 2.75) is 4.90 Å². The highest BCUT2D eigenvalue weighted by Crippen LogP contribution is 2.23. The number of nitrogens with two attached hydrogens (primary N) is 1. The summed E-state index contributed by atoms with van der Waals surface area (Å²) in [6, 6.07) is 10.4. The van der Waals surface area contributed by atoms with Crippen molar-refractivity contribution >= 4 is 39.2 Å². The number of halogens is 2. The van der Waals surface area contributed by atoms with Crippen LogP contribution in [0.1, 0.15) is 10.4 Å². The molecule has 0 amide bonds. The van der Waals surface area contributed by atoms with Crippen LogP contribution in [0.15, 0.2) is 47.4 Å². The molecule has 0 spiro atoms. The number of carbonyl (C=O) groups is 1. The number of primary sulfonamides is 1. The van der Waals surface area contributed by atoms with Crippen molar-refractivity contribution in [2.24, 2.45) is 5.14 Å². The molecule has 9 heteroatoms. The predicted octanol–water partition coefficient (Wildman–Crippen LogP) is 2.88. The average Bonchev–Trinajstić information content (AvgIpc) is 2.52. The Kier molecular flexibility index (Phi) is 6.06. The summed E-state index contributed by atoms with van der Waals surface area (Å²) in [6.45, 7) is 0.00194. The fourth-order valence-corrected chi connectivity index (χ4v) is 2.69. The molecule has 0 aliphatic rings. The maximum atomic E-state index is 12.0. The van der Waals surface area contributed by atoms with Gasteiger partial charge >= 0.3 is 5.97 Å². The Morgan fingerprint density at radius 1 is 1.04 bits per heavy atom. The van der Waals surface area contributed by atoms with E-state index in [1.807, 2.05) is 0 Å². The Hall–Kier alpha value is -1.80. The van der Waals surface area contributed by atoms with Gasteiger partial charge in [0.15, 0.2) is 0 Å². The van der Waals surface area contributed by atoms with E-state index in [0.29, 0.717) is 10.8 Å². The fraction of sp³-hybridized carbons (Fsp3) is 0.133. The van der Waals surface area contributed by atoms with Crippen molar-refractivity contribution in [1.82, 2.24) is 0 Å². The summed E-state index contributed by atoms with van der Waals surface area (Å²) in [4.78, 5) is 11.8. The third-order valence-corrected chi connectivity index (χ3v) is 4.45. The van der Waals surface area contributed by atoms with Gasteiger partial charge in [-0.15, -0.1) is 0 Å². The van der Waals surface area contributed by atoms with E-state index in [4.69, 9.17) is 37.8 Å². The van der Waals surface area contributed by atoms with E-state index in [1.165, 1.54) is 12.1 Å². The Morgan fingerprint density at radius 3 is 2.42 bits per heavy atom. The van der Waals surface area contributed by atoms with Crippen LogP contribution in [0.2, 0.25) is 10.0 Å². The molecule has 0 heterocycles. The lowest BCUT2D eigenvalue weighted by atomic mass is 10.2. The first-order chi connectivity index (χ1) is 11.3. The quantitative estimate of drug-likeness (QED) is 0.605. The molecule has 2 aromatic carbocycles. The van der Waals surface area contributed by atoms with Gasteiger partial charge in [-0.05, 0) is 30.3 Å². The maximum Gasteiger partial charge on any atom is 0.339 e. The summed E-state index contributed by atoms with van der Waals surface area (Å²) < 4.78 is 33.0. The van der Waals surface area contributed by atoms with Crippen LogP contribution in [0, 0.1) is 0 Å². The van der Waals surface area contributed by atoms with Crippen molar-refractivity contribution in [2.75, 3.05) is 13.2 Å². The van der Waals surface area contributed by atoms with Gasteiger partial charge in [-0.3, -0.25) is 0 Å². The molecular weight excluding hydrogens is 377 g/mol. The van der Waals surface area contributed by atoms with E-state index in [1.54, 1.807) is 24.3 Å². The highest BCUT2D eigenvalue weighted by molar-refractivity contribution is 7.89. The van der Waals surface area contributed by atoms with Crippen molar-refractivity contribution in [3.63, 3.8) is 0 Å². The molecule has 6 nitrogen and oxygen atoms in total. The number of carbonyl (C=O) groups excluding carboxylic acids is 1. The van der Waals surface area contributed by atoms with Gasteiger partial charge in [0.25, 0.3) is 0 Å². The number of para-hydroxylation sites is 1. The molecule has 2 aromatic rings. The monoisotopic (exact) mass is 389 g/mol. The Bertz CT molecular complexity index is 855. The molecule has 0 bridgehead atoms. The van der Waals surface area contributed by atoms with Crippen LogP contribution in [0.4, 0.5) is 0 Å². The fourth-order valence-electron chi connectivity index (χ4n) is 1.76. The van der Waals surface area contributed by atoms with Crippen LogP contribution in [-0.4, -0.2) is 27.6 Å². The molecule has 0 aliphatic heterocycles. The van der Waals surface area contributed by atoms with Gasteiger partial charge in [0.1, 0.15) is 19.0 Å². The van der Waals surface area contributed by atoms with Gasteiger partial charge in [-0.25, -0.2) is 18.4 Å². The number of hydrogen-bond acceptors (Lipinski definition) is 5. The zero-order chi connectivity index (χ0) is 17.7. The van der Waals surface area contributed by atoms with Gasteiger partial charge in [0, 0.05) is 0 Å². The van der Waals surface area contributed by atoms with Gasteiger partial charge < -0.3 is 9.47 Å². The smallest absolute Gasteiger partial charge is 0.339 e. The Morgan fingerprint density at radius 2 is 1.75 bits per heavy atom. The largest absolute Gasteiger partial charge is 0.488 e. The highest BCUT2D eigenvalue weighted by Gasteiger charge is 2.17. The molecule has 2 rings (SSSR count). The van der Waals surface area contributed by atoms with Gasteiger partial charge in [-0.2, -0.15) is 0 Å². The minimum absolute atomic E-state index is 0.0550. The third-order valence-electron chi connectivity index (χ3n) is 2.90. The van der Waals surface area contributed by atoms with E-state index in [-0.39, 0.29) is 28.7 Å². The van der Waals surface area contributed by atoms with Crippen molar-refractivity contribution in [3.8, 4) is 5.75 Å². The number of benzene rings is 2. The zero-order valence-electron chi connectivity index (χ0n) is 12.2. The predicted molar refractivity (Wildman–Crippen MR) is 90.1 cm³/mol. The maximum absolute atomic E-state index is 12.0. The molecule has 2 N–H and O–H groups in total. The molecule has 0 aromatic heterocycles. The van der Waals surface area contributed by atoms with Gasteiger partial charge in [0.2, 0.25) is 10.0 Å². The lowest BCUT2D eigenvalue weighted by Crippen LogP contribution is -2.15. The lowest BCUT2D eigenvalue weighted by Gasteiger charge is -2.10. The zero-order valence-corrected chi connectivity index (χ0v) is 14.6. The standard InChI is InChI=1S/C15H13Cl2NO5S/c16-12-6-5-10(24(18,20)21)9-11(12)15(19)23-8-7-22-14-4-2-1-3-13(14)17/h1-6,9H,7-8H2,(H2,18,20,21). The molecule has 128 valence electrons.